The van der Waals surface area contributed by atoms with Crippen molar-refractivity contribution < 1.29 is 4.79 Å². The van der Waals surface area contributed by atoms with Gasteiger partial charge in [0, 0.05) is 26.7 Å². The lowest BCUT2D eigenvalue weighted by Gasteiger charge is -2.29. The van der Waals surface area contributed by atoms with Crippen LogP contribution in [0.3, 0.4) is 0 Å². The number of thiazole rings is 1. The molecule has 3 N–H and O–H groups in total. The highest BCUT2D eigenvalue weighted by atomic mass is 32.1. The smallest absolute Gasteiger partial charge is 0.261 e. The lowest BCUT2D eigenvalue weighted by molar-refractivity contribution is 0.0920. The van der Waals surface area contributed by atoms with Crippen LogP contribution in [0.25, 0.3) is 9.53 Å². The second-order valence-corrected chi connectivity index (χ2v) is 8.42. The van der Waals surface area contributed by atoms with Crippen molar-refractivity contribution in [2.45, 2.75) is 38.1 Å². The highest BCUT2D eigenvalue weighted by Crippen LogP contribution is 2.34. The van der Waals surface area contributed by atoms with Gasteiger partial charge in [-0.3, -0.25) is 4.79 Å². The van der Waals surface area contributed by atoms with Gasteiger partial charge in [-0.1, -0.05) is 30.6 Å². The van der Waals surface area contributed by atoms with E-state index < -0.39 is 0 Å². The quantitative estimate of drug-likeness (QED) is 0.867. The molecule has 1 amide bonds. The molecule has 23 heavy (non-hydrogen) atoms. The third-order valence-corrected chi connectivity index (χ3v) is 6.80. The summed E-state index contributed by atoms with van der Waals surface area (Å²) in [4.78, 5) is 20.8. The van der Waals surface area contributed by atoms with E-state index >= 15 is 0 Å². The largest absolute Gasteiger partial charge is 0.354 e. The Morgan fingerprint density at radius 1 is 1.39 bits per heavy atom. The van der Waals surface area contributed by atoms with E-state index in [0.29, 0.717) is 12.5 Å². The SMILES string of the molecule is CN(C)c1nc2sc(C(=O)NC(CN)C3CCCCC3)cc2s1. The van der Waals surface area contributed by atoms with Crippen molar-refractivity contribution >= 4 is 43.2 Å². The second-order valence-electron chi connectivity index (χ2n) is 6.38. The van der Waals surface area contributed by atoms with Gasteiger partial charge < -0.3 is 16.0 Å². The summed E-state index contributed by atoms with van der Waals surface area (Å²) in [6.07, 6.45) is 6.17. The summed E-state index contributed by atoms with van der Waals surface area (Å²) in [5.74, 6) is 0.518. The summed E-state index contributed by atoms with van der Waals surface area (Å²) < 4.78 is 1.07. The minimum atomic E-state index is -0.00683. The number of carbonyl (C=O) groups is 1. The van der Waals surface area contributed by atoms with Crippen LogP contribution in [-0.2, 0) is 0 Å². The number of carbonyl (C=O) groups excluding carboxylic acids is 1. The van der Waals surface area contributed by atoms with E-state index in [9.17, 15) is 4.79 Å². The molecule has 0 spiro atoms. The van der Waals surface area contributed by atoms with E-state index in [2.05, 4.69) is 10.3 Å². The zero-order chi connectivity index (χ0) is 16.4. The van der Waals surface area contributed by atoms with E-state index in [1.165, 1.54) is 43.4 Å². The Labute approximate surface area is 144 Å². The molecule has 0 aromatic carbocycles. The Bertz CT molecular complexity index is 641. The predicted octanol–water partition coefficient (Wildman–Crippen LogP) is 3.06. The molecular weight excluding hydrogens is 328 g/mol. The fraction of sp³-hybridized carbons (Fsp3) is 0.625. The van der Waals surface area contributed by atoms with Crippen molar-refractivity contribution in [1.29, 1.82) is 0 Å². The van der Waals surface area contributed by atoms with Gasteiger partial charge in [0.05, 0.1) is 9.58 Å². The summed E-state index contributed by atoms with van der Waals surface area (Å²) in [7, 11) is 3.96. The molecule has 5 nitrogen and oxygen atoms in total. The Kier molecular flexibility index (Phi) is 5.18. The molecule has 0 saturated heterocycles. The molecule has 7 heteroatoms. The van der Waals surface area contributed by atoms with E-state index in [-0.39, 0.29) is 11.9 Å². The van der Waals surface area contributed by atoms with Gasteiger partial charge in [-0.2, -0.15) is 0 Å². The van der Waals surface area contributed by atoms with Gasteiger partial charge in [0.15, 0.2) is 5.13 Å². The number of thiophene rings is 1. The number of anilines is 1. The average Bonchev–Trinajstić information content (AvgIpc) is 3.12. The standard InChI is InChI=1S/C16H24N4OS2/c1-20(2)16-19-15-13(23-16)8-12(22-15)14(21)18-11(9-17)10-6-4-3-5-7-10/h8,10-11H,3-7,9,17H2,1-2H3,(H,18,21). The van der Waals surface area contributed by atoms with E-state index in [1.54, 1.807) is 11.3 Å². The summed E-state index contributed by atoms with van der Waals surface area (Å²) in [5, 5.41) is 4.13. The molecular formula is C16H24N4OS2. The molecule has 2 aromatic heterocycles. The van der Waals surface area contributed by atoms with Crippen LogP contribution in [0.4, 0.5) is 5.13 Å². The highest BCUT2D eigenvalue weighted by Gasteiger charge is 2.25. The molecule has 3 rings (SSSR count). The zero-order valence-electron chi connectivity index (χ0n) is 13.7. The average molecular weight is 353 g/mol. The number of amides is 1. The maximum atomic E-state index is 12.6. The second kappa shape index (κ2) is 7.15. The van der Waals surface area contributed by atoms with Gasteiger partial charge in [-0.25, -0.2) is 4.98 Å². The summed E-state index contributed by atoms with van der Waals surface area (Å²) in [5.41, 5.74) is 5.91. The van der Waals surface area contributed by atoms with Crippen LogP contribution in [0.2, 0.25) is 0 Å². The number of fused-ring (bicyclic) bond motifs is 1. The molecule has 126 valence electrons. The van der Waals surface area contributed by atoms with Crippen LogP contribution in [0.15, 0.2) is 6.07 Å². The highest BCUT2D eigenvalue weighted by molar-refractivity contribution is 7.29. The predicted molar refractivity (Wildman–Crippen MR) is 98.7 cm³/mol. The first-order valence-corrected chi connectivity index (χ1v) is 9.80. The maximum absolute atomic E-state index is 12.6. The molecule has 2 heterocycles. The van der Waals surface area contributed by atoms with Gasteiger partial charge >= 0.3 is 0 Å². The fourth-order valence-electron chi connectivity index (χ4n) is 3.17. The number of nitrogens with two attached hydrogens (primary N) is 1. The molecule has 1 aliphatic carbocycles. The molecule has 1 saturated carbocycles. The summed E-state index contributed by atoms with van der Waals surface area (Å²) in [6, 6.07) is 2.04. The molecule has 0 radical (unpaired) electrons. The van der Waals surface area contributed by atoms with Crippen molar-refractivity contribution in [3.8, 4) is 0 Å². The minimum Gasteiger partial charge on any atom is -0.354 e. The topological polar surface area (TPSA) is 71.2 Å². The summed E-state index contributed by atoms with van der Waals surface area (Å²) >= 11 is 3.08. The van der Waals surface area contributed by atoms with Crippen LogP contribution in [0, 0.1) is 5.92 Å². The van der Waals surface area contributed by atoms with Crippen LogP contribution in [0.1, 0.15) is 41.8 Å². The third-order valence-electron chi connectivity index (χ3n) is 4.47. The normalized spacial score (nSPS) is 17.3. The number of nitrogens with zero attached hydrogens (tertiary/aromatic N) is 2. The molecule has 1 atom stereocenters. The van der Waals surface area contributed by atoms with Crippen LogP contribution in [-0.4, -0.2) is 37.6 Å². The van der Waals surface area contributed by atoms with E-state index in [1.807, 2.05) is 25.1 Å². The molecule has 1 fully saturated rings. The molecule has 1 unspecified atom stereocenters. The number of nitrogens with one attached hydrogen (secondary N) is 1. The number of aromatic nitrogens is 1. The molecule has 2 aromatic rings. The van der Waals surface area contributed by atoms with Crippen molar-refractivity contribution in [3.05, 3.63) is 10.9 Å². The van der Waals surface area contributed by atoms with Gasteiger partial charge in [0.2, 0.25) is 0 Å². The molecule has 0 aliphatic heterocycles. The first-order chi connectivity index (χ1) is 11.1. The Morgan fingerprint density at radius 2 is 2.13 bits per heavy atom. The lowest BCUT2D eigenvalue weighted by Crippen LogP contribution is -2.45. The van der Waals surface area contributed by atoms with E-state index in [0.717, 1.165) is 19.5 Å². The van der Waals surface area contributed by atoms with Gasteiger partial charge in [0.1, 0.15) is 4.83 Å². The van der Waals surface area contributed by atoms with Crippen molar-refractivity contribution in [1.82, 2.24) is 10.3 Å². The first kappa shape index (κ1) is 16.7. The van der Waals surface area contributed by atoms with Gasteiger partial charge in [-0.15, -0.1) is 11.3 Å². The third kappa shape index (κ3) is 3.67. The number of hydrogen-bond donors (Lipinski definition) is 2. The Morgan fingerprint density at radius 3 is 2.74 bits per heavy atom. The van der Waals surface area contributed by atoms with Crippen LogP contribution in [0.5, 0.6) is 0 Å². The maximum Gasteiger partial charge on any atom is 0.261 e. The zero-order valence-corrected chi connectivity index (χ0v) is 15.3. The lowest BCUT2D eigenvalue weighted by atomic mass is 9.84. The van der Waals surface area contributed by atoms with Gasteiger partial charge in [-0.05, 0) is 24.8 Å². The van der Waals surface area contributed by atoms with Crippen molar-refractivity contribution in [2.24, 2.45) is 11.7 Å². The monoisotopic (exact) mass is 352 g/mol. The van der Waals surface area contributed by atoms with Crippen LogP contribution >= 0.6 is 22.7 Å². The van der Waals surface area contributed by atoms with Crippen LogP contribution < -0.4 is 16.0 Å². The fourth-order valence-corrected chi connectivity index (χ4v) is 5.21. The van der Waals surface area contributed by atoms with Gasteiger partial charge in [0.25, 0.3) is 5.91 Å². The van der Waals surface area contributed by atoms with Crippen molar-refractivity contribution in [3.63, 3.8) is 0 Å². The first-order valence-electron chi connectivity index (χ1n) is 8.17. The number of hydrogen-bond acceptors (Lipinski definition) is 6. The van der Waals surface area contributed by atoms with E-state index in [4.69, 9.17) is 5.73 Å². The molecule has 0 bridgehead atoms. The Balaban J connectivity index is 1.70. The molecule has 1 aliphatic rings. The minimum absolute atomic E-state index is 0.00683. The number of rotatable bonds is 5. The van der Waals surface area contributed by atoms with Crippen molar-refractivity contribution in [2.75, 3.05) is 25.5 Å². The Hall–Kier alpha value is -1.18. The summed E-state index contributed by atoms with van der Waals surface area (Å²) in [6.45, 7) is 0.513.